The van der Waals surface area contributed by atoms with Gasteiger partial charge in [-0.2, -0.15) is 0 Å². The van der Waals surface area contributed by atoms with Crippen LogP contribution in [0.4, 0.5) is 5.69 Å². The fraction of sp³-hybridized carbons (Fsp3) is 0.100. The number of carbonyl (C=O) groups excluding carboxylic acids is 2. The van der Waals surface area contributed by atoms with E-state index < -0.39 is 16.8 Å². The summed E-state index contributed by atoms with van der Waals surface area (Å²) in [4.78, 5) is 34.3. The van der Waals surface area contributed by atoms with E-state index in [-0.39, 0.29) is 29.4 Å². The molecule has 3 aromatic carbocycles. The van der Waals surface area contributed by atoms with Crippen molar-refractivity contribution in [1.82, 2.24) is 5.32 Å². The number of carbonyl (C=O) groups is 2. The third-order valence-corrected chi connectivity index (χ3v) is 4.39. The maximum atomic E-state index is 12.1. The molecule has 8 heteroatoms. The monoisotopic (exact) mass is 398 g/mol. The van der Waals surface area contributed by atoms with Gasteiger partial charge < -0.3 is 10.1 Å². The number of benzene rings is 3. The van der Waals surface area contributed by atoms with Crippen LogP contribution in [0.25, 0.3) is 10.8 Å². The lowest BCUT2D eigenvalue weighted by Gasteiger charge is -2.09. The van der Waals surface area contributed by atoms with Crippen molar-refractivity contribution in [2.75, 3.05) is 6.54 Å². The molecule has 0 aliphatic carbocycles. The molecule has 0 aliphatic rings. The summed E-state index contributed by atoms with van der Waals surface area (Å²) in [6.07, 6.45) is 0. The summed E-state index contributed by atoms with van der Waals surface area (Å²) in [6.45, 7) is -0.289. The van der Waals surface area contributed by atoms with Crippen LogP contribution in [-0.4, -0.2) is 23.3 Å². The Labute approximate surface area is 165 Å². The lowest BCUT2D eigenvalue weighted by atomic mass is 10.1. The Hall–Kier alpha value is -3.45. The number of nitrogens with zero attached hydrogens (tertiary/aromatic N) is 1. The minimum Gasteiger partial charge on any atom is -0.459 e. The predicted molar refractivity (Wildman–Crippen MR) is 104 cm³/mol. The highest BCUT2D eigenvalue weighted by atomic mass is 35.5. The zero-order valence-corrected chi connectivity index (χ0v) is 15.3. The molecule has 1 amide bonds. The van der Waals surface area contributed by atoms with Crippen molar-refractivity contribution in [3.63, 3.8) is 0 Å². The number of hydrogen-bond donors (Lipinski definition) is 1. The van der Waals surface area contributed by atoms with Gasteiger partial charge in [0.25, 0.3) is 11.6 Å². The molecule has 0 aromatic heterocycles. The van der Waals surface area contributed by atoms with E-state index in [2.05, 4.69) is 5.32 Å². The molecule has 0 spiro atoms. The molecule has 0 heterocycles. The summed E-state index contributed by atoms with van der Waals surface area (Å²) in [7, 11) is 0. The summed E-state index contributed by atoms with van der Waals surface area (Å²) < 4.78 is 5.22. The fourth-order valence-electron chi connectivity index (χ4n) is 2.68. The summed E-state index contributed by atoms with van der Waals surface area (Å²) in [6, 6.07) is 17.1. The third-order valence-electron chi connectivity index (χ3n) is 4.07. The van der Waals surface area contributed by atoms with E-state index >= 15 is 0 Å². The first kappa shape index (κ1) is 19.3. The number of amides is 1. The van der Waals surface area contributed by atoms with Crippen molar-refractivity contribution in [3.05, 3.63) is 86.9 Å². The number of halogens is 1. The first-order chi connectivity index (χ1) is 13.5. The number of rotatable bonds is 6. The summed E-state index contributed by atoms with van der Waals surface area (Å²) in [5, 5.41) is 15.2. The SMILES string of the molecule is O=C(CNC(=O)c1ccc(Cl)c([N+](=O)[O-])c1)OCc1cccc2ccccc12. The van der Waals surface area contributed by atoms with Gasteiger partial charge >= 0.3 is 5.97 Å². The molecular formula is C20H15ClN2O5. The topological polar surface area (TPSA) is 98.5 Å². The van der Waals surface area contributed by atoms with E-state index in [4.69, 9.17) is 16.3 Å². The molecule has 0 aliphatic heterocycles. The van der Waals surface area contributed by atoms with Crippen molar-refractivity contribution in [2.45, 2.75) is 6.61 Å². The smallest absolute Gasteiger partial charge is 0.325 e. The van der Waals surface area contributed by atoms with Gasteiger partial charge in [0.15, 0.2) is 0 Å². The molecule has 142 valence electrons. The van der Waals surface area contributed by atoms with Gasteiger partial charge in [0.05, 0.1) is 4.92 Å². The van der Waals surface area contributed by atoms with E-state index in [0.717, 1.165) is 22.4 Å². The predicted octanol–water partition coefficient (Wildman–Crippen LogP) is 3.87. The second-order valence-corrected chi connectivity index (χ2v) is 6.31. The van der Waals surface area contributed by atoms with Crippen molar-refractivity contribution < 1.29 is 19.2 Å². The van der Waals surface area contributed by atoms with E-state index in [1.165, 1.54) is 12.1 Å². The molecule has 1 N–H and O–H groups in total. The number of nitro groups is 1. The molecule has 0 saturated carbocycles. The molecular weight excluding hydrogens is 384 g/mol. The number of nitrogens with one attached hydrogen (secondary N) is 1. The van der Waals surface area contributed by atoms with E-state index in [1.807, 2.05) is 42.5 Å². The Bertz CT molecular complexity index is 1060. The van der Waals surface area contributed by atoms with Crippen molar-refractivity contribution in [2.24, 2.45) is 0 Å². The van der Waals surface area contributed by atoms with E-state index in [9.17, 15) is 19.7 Å². The number of fused-ring (bicyclic) bond motifs is 1. The Kier molecular flexibility index (Phi) is 5.86. The minimum absolute atomic E-state index is 0.0259. The average molecular weight is 399 g/mol. The van der Waals surface area contributed by atoms with Crippen molar-refractivity contribution in [3.8, 4) is 0 Å². The van der Waals surface area contributed by atoms with Crippen molar-refractivity contribution in [1.29, 1.82) is 0 Å². The zero-order chi connectivity index (χ0) is 20.1. The first-order valence-corrected chi connectivity index (χ1v) is 8.68. The van der Waals surface area contributed by atoms with Crippen LogP contribution in [0.5, 0.6) is 0 Å². The van der Waals surface area contributed by atoms with Gasteiger partial charge in [0, 0.05) is 11.6 Å². The molecule has 0 unspecified atom stereocenters. The van der Waals surface area contributed by atoms with E-state index in [0.29, 0.717) is 0 Å². The second kappa shape index (κ2) is 8.49. The fourth-order valence-corrected chi connectivity index (χ4v) is 2.86. The maximum absolute atomic E-state index is 12.1. The number of esters is 1. The van der Waals surface area contributed by atoms with Gasteiger partial charge in [-0.1, -0.05) is 54.1 Å². The van der Waals surface area contributed by atoms with Crippen LogP contribution in [0, 0.1) is 10.1 Å². The highest BCUT2D eigenvalue weighted by molar-refractivity contribution is 6.32. The Balaban J connectivity index is 1.58. The van der Waals surface area contributed by atoms with Crippen molar-refractivity contribution >= 4 is 39.9 Å². The van der Waals surface area contributed by atoms with Crippen LogP contribution < -0.4 is 5.32 Å². The van der Waals surface area contributed by atoms with Gasteiger partial charge in [-0.05, 0) is 28.5 Å². The average Bonchev–Trinajstić information content (AvgIpc) is 2.70. The van der Waals surface area contributed by atoms with Crippen LogP contribution in [-0.2, 0) is 16.1 Å². The van der Waals surface area contributed by atoms with Gasteiger partial charge in [0.2, 0.25) is 0 Å². The summed E-state index contributed by atoms with van der Waals surface area (Å²) in [5.74, 6) is -1.26. The van der Waals surface area contributed by atoms with Crippen LogP contribution in [0.2, 0.25) is 5.02 Å². The number of ether oxygens (including phenoxy) is 1. The largest absolute Gasteiger partial charge is 0.459 e. The quantitative estimate of drug-likeness (QED) is 0.386. The lowest BCUT2D eigenvalue weighted by Crippen LogP contribution is -2.30. The van der Waals surface area contributed by atoms with Gasteiger partial charge in [-0.3, -0.25) is 19.7 Å². The molecule has 3 rings (SSSR count). The highest BCUT2D eigenvalue weighted by Crippen LogP contribution is 2.25. The molecule has 0 fully saturated rings. The molecule has 0 atom stereocenters. The highest BCUT2D eigenvalue weighted by Gasteiger charge is 2.17. The number of hydrogen-bond acceptors (Lipinski definition) is 5. The zero-order valence-electron chi connectivity index (χ0n) is 14.6. The maximum Gasteiger partial charge on any atom is 0.325 e. The molecule has 3 aromatic rings. The van der Waals surface area contributed by atoms with Gasteiger partial charge in [-0.15, -0.1) is 0 Å². The van der Waals surface area contributed by atoms with Gasteiger partial charge in [0.1, 0.15) is 18.2 Å². The Morgan fingerprint density at radius 1 is 1.07 bits per heavy atom. The van der Waals surface area contributed by atoms with E-state index in [1.54, 1.807) is 0 Å². The molecule has 28 heavy (non-hydrogen) atoms. The molecule has 0 saturated heterocycles. The lowest BCUT2D eigenvalue weighted by molar-refractivity contribution is -0.384. The molecule has 0 bridgehead atoms. The molecule has 7 nitrogen and oxygen atoms in total. The van der Waals surface area contributed by atoms with Crippen LogP contribution in [0.1, 0.15) is 15.9 Å². The first-order valence-electron chi connectivity index (χ1n) is 8.30. The summed E-state index contributed by atoms with van der Waals surface area (Å²) in [5.41, 5.74) is 0.497. The standard InChI is InChI=1S/C20H15ClN2O5/c21-17-9-8-14(10-18(17)23(26)27)20(25)22-11-19(24)28-12-15-6-3-5-13-4-1-2-7-16(13)15/h1-10H,11-12H2,(H,22,25). The minimum atomic E-state index is -0.683. The van der Waals surface area contributed by atoms with Crippen LogP contribution in [0.3, 0.4) is 0 Å². The third kappa shape index (κ3) is 4.44. The van der Waals surface area contributed by atoms with Gasteiger partial charge in [-0.25, -0.2) is 0 Å². The Morgan fingerprint density at radius 3 is 2.61 bits per heavy atom. The second-order valence-electron chi connectivity index (χ2n) is 5.90. The summed E-state index contributed by atoms with van der Waals surface area (Å²) >= 11 is 5.72. The molecule has 0 radical (unpaired) electrons. The van der Waals surface area contributed by atoms with Crippen LogP contribution >= 0.6 is 11.6 Å². The normalized spacial score (nSPS) is 10.5. The Morgan fingerprint density at radius 2 is 1.82 bits per heavy atom. The van der Waals surface area contributed by atoms with Crippen LogP contribution in [0.15, 0.2) is 60.7 Å². The number of nitro benzene ring substituents is 1.